The minimum Gasteiger partial charge on any atom is -0.392 e. The lowest BCUT2D eigenvalue weighted by molar-refractivity contribution is 0.278. The van der Waals surface area contributed by atoms with Crippen molar-refractivity contribution in [2.45, 2.75) is 24.8 Å². The Labute approximate surface area is 126 Å². The number of rotatable bonds is 6. The lowest BCUT2D eigenvalue weighted by Crippen LogP contribution is -2.27. The standard InChI is InChI=1S/C13H15FN2O3S2/c1-9-8-20-13(16-9)4-5-15-21(18,19)12-6-11(14)3-2-10(12)7-17/h2-3,6,8,15,17H,4-5,7H2,1H3. The van der Waals surface area contributed by atoms with E-state index in [2.05, 4.69) is 9.71 Å². The Balaban J connectivity index is 2.09. The molecule has 5 nitrogen and oxygen atoms in total. The van der Waals surface area contributed by atoms with E-state index in [4.69, 9.17) is 5.11 Å². The molecule has 0 atom stereocenters. The smallest absolute Gasteiger partial charge is 0.241 e. The van der Waals surface area contributed by atoms with Crippen molar-refractivity contribution in [2.75, 3.05) is 6.54 Å². The van der Waals surface area contributed by atoms with Gasteiger partial charge in [-0.3, -0.25) is 0 Å². The molecular weight excluding hydrogens is 315 g/mol. The molecule has 0 unspecified atom stereocenters. The van der Waals surface area contributed by atoms with E-state index in [0.29, 0.717) is 6.42 Å². The summed E-state index contributed by atoms with van der Waals surface area (Å²) in [6.45, 7) is 1.56. The molecule has 0 aliphatic heterocycles. The van der Waals surface area contributed by atoms with E-state index in [-0.39, 0.29) is 17.0 Å². The van der Waals surface area contributed by atoms with Crippen molar-refractivity contribution in [3.05, 3.63) is 45.7 Å². The molecule has 0 aliphatic rings. The van der Waals surface area contributed by atoms with E-state index in [1.165, 1.54) is 17.4 Å². The minimum atomic E-state index is -3.86. The van der Waals surface area contributed by atoms with Crippen molar-refractivity contribution in [3.63, 3.8) is 0 Å². The van der Waals surface area contributed by atoms with Gasteiger partial charge in [-0.15, -0.1) is 11.3 Å². The highest BCUT2D eigenvalue weighted by atomic mass is 32.2. The molecule has 8 heteroatoms. The number of halogens is 1. The molecule has 0 spiro atoms. The van der Waals surface area contributed by atoms with Crippen molar-refractivity contribution in [1.82, 2.24) is 9.71 Å². The molecule has 21 heavy (non-hydrogen) atoms. The van der Waals surface area contributed by atoms with Gasteiger partial charge in [0.2, 0.25) is 10.0 Å². The summed E-state index contributed by atoms with van der Waals surface area (Å²) in [6, 6.07) is 3.28. The lowest BCUT2D eigenvalue weighted by Gasteiger charge is -2.10. The van der Waals surface area contributed by atoms with Gasteiger partial charge in [-0.25, -0.2) is 22.5 Å². The monoisotopic (exact) mass is 330 g/mol. The van der Waals surface area contributed by atoms with Crippen LogP contribution >= 0.6 is 11.3 Å². The highest BCUT2D eigenvalue weighted by Crippen LogP contribution is 2.17. The van der Waals surface area contributed by atoms with Gasteiger partial charge in [-0.05, 0) is 24.6 Å². The lowest BCUT2D eigenvalue weighted by atomic mass is 10.2. The Kier molecular flexibility index (Phi) is 5.04. The first-order valence-electron chi connectivity index (χ1n) is 6.22. The van der Waals surface area contributed by atoms with Crippen LogP contribution in [-0.4, -0.2) is 25.1 Å². The van der Waals surface area contributed by atoms with Crippen LogP contribution in [0.2, 0.25) is 0 Å². The van der Waals surface area contributed by atoms with Gasteiger partial charge in [0.1, 0.15) is 5.82 Å². The van der Waals surface area contributed by atoms with Crippen LogP contribution in [0.5, 0.6) is 0 Å². The summed E-state index contributed by atoms with van der Waals surface area (Å²) in [6.07, 6.45) is 0.460. The first-order valence-corrected chi connectivity index (χ1v) is 8.58. The van der Waals surface area contributed by atoms with E-state index in [1.54, 1.807) is 0 Å². The van der Waals surface area contributed by atoms with Crippen LogP contribution in [0, 0.1) is 12.7 Å². The van der Waals surface area contributed by atoms with Crippen molar-refractivity contribution in [3.8, 4) is 0 Å². The van der Waals surface area contributed by atoms with Crippen LogP contribution in [0.4, 0.5) is 4.39 Å². The van der Waals surface area contributed by atoms with Gasteiger partial charge in [0, 0.05) is 24.0 Å². The number of thiazole rings is 1. The fourth-order valence-corrected chi connectivity index (χ4v) is 3.84. The van der Waals surface area contributed by atoms with E-state index in [9.17, 15) is 12.8 Å². The summed E-state index contributed by atoms with van der Waals surface area (Å²) in [7, 11) is -3.86. The van der Waals surface area contributed by atoms with Gasteiger partial charge in [-0.1, -0.05) is 6.07 Å². The molecule has 2 N–H and O–H groups in total. The molecule has 0 aliphatic carbocycles. The van der Waals surface area contributed by atoms with Gasteiger partial charge in [-0.2, -0.15) is 0 Å². The Hall–Kier alpha value is -1.35. The maximum absolute atomic E-state index is 13.2. The predicted octanol–water partition coefficient (Wildman–Crippen LogP) is 1.60. The average molecular weight is 330 g/mol. The maximum Gasteiger partial charge on any atom is 0.241 e. The number of aromatic nitrogens is 1. The van der Waals surface area contributed by atoms with Gasteiger partial charge < -0.3 is 5.11 Å². The number of aryl methyl sites for hydroxylation is 1. The third-order valence-corrected chi connectivity index (χ3v) is 5.36. The molecule has 114 valence electrons. The number of sulfonamides is 1. The zero-order valence-corrected chi connectivity index (χ0v) is 13.0. The second-order valence-electron chi connectivity index (χ2n) is 4.44. The van der Waals surface area contributed by atoms with Crippen molar-refractivity contribution in [2.24, 2.45) is 0 Å². The molecule has 0 radical (unpaired) electrons. The van der Waals surface area contributed by atoms with Crippen LogP contribution in [0.15, 0.2) is 28.5 Å². The number of benzene rings is 1. The Bertz CT molecular complexity index is 729. The normalized spacial score (nSPS) is 11.8. The molecule has 0 saturated carbocycles. The molecule has 1 heterocycles. The third kappa shape index (κ3) is 4.07. The van der Waals surface area contributed by atoms with Gasteiger partial charge in [0.05, 0.1) is 16.5 Å². The maximum atomic E-state index is 13.2. The summed E-state index contributed by atoms with van der Waals surface area (Å²) in [4.78, 5) is 4.00. The fourth-order valence-electron chi connectivity index (χ4n) is 1.80. The first kappa shape index (κ1) is 16.0. The summed E-state index contributed by atoms with van der Waals surface area (Å²) < 4.78 is 39.9. The van der Waals surface area contributed by atoms with E-state index >= 15 is 0 Å². The third-order valence-electron chi connectivity index (χ3n) is 2.79. The highest BCUT2D eigenvalue weighted by molar-refractivity contribution is 7.89. The van der Waals surface area contributed by atoms with Gasteiger partial charge >= 0.3 is 0 Å². The van der Waals surface area contributed by atoms with Crippen LogP contribution < -0.4 is 4.72 Å². The number of hydrogen-bond acceptors (Lipinski definition) is 5. The molecule has 0 amide bonds. The SMILES string of the molecule is Cc1csc(CCNS(=O)(=O)c2cc(F)ccc2CO)n1. The second kappa shape index (κ2) is 6.61. The van der Waals surface area contributed by atoms with Crippen LogP contribution in [0.3, 0.4) is 0 Å². The molecular formula is C13H15FN2O3S2. The van der Waals surface area contributed by atoms with Crippen molar-refractivity contribution < 1.29 is 17.9 Å². The fraction of sp³-hybridized carbons (Fsp3) is 0.308. The molecule has 0 fully saturated rings. The molecule has 2 aromatic rings. The van der Waals surface area contributed by atoms with Gasteiger partial charge in [0.25, 0.3) is 0 Å². The topological polar surface area (TPSA) is 79.3 Å². The van der Waals surface area contributed by atoms with Crippen molar-refractivity contribution in [1.29, 1.82) is 0 Å². The molecule has 1 aromatic carbocycles. The van der Waals surface area contributed by atoms with Crippen LogP contribution in [-0.2, 0) is 23.1 Å². The predicted molar refractivity (Wildman–Crippen MR) is 78.1 cm³/mol. The number of aliphatic hydroxyl groups excluding tert-OH is 1. The Morgan fingerprint density at radius 1 is 1.43 bits per heavy atom. The summed E-state index contributed by atoms with van der Waals surface area (Å²) >= 11 is 1.46. The van der Waals surface area contributed by atoms with Crippen LogP contribution in [0.25, 0.3) is 0 Å². The largest absolute Gasteiger partial charge is 0.392 e. The summed E-state index contributed by atoms with van der Waals surface area (Å²) in [5.74, 6) is -0.664. The molecule has 0 saturated heterocycles. The Morgan fingerprint density at radius 3 is 2.81 bits per heavy atom. The number of aliphatic hydroxyl groups is 1. The van der Waals surface area contributed by atoms with E-state index in [0.717, 1.165) is 22.8 Å². The quantitative estimate of drug-likeness (QED) is 0.843. The highest BCUT2D eigenvalue weighted by Gasteiger charge is 2.18. The second-order valence-corrected chi connectivity index (χ2v) is 7.12. The average Bonchev–Trinajstić information content (AvgIpc) is 2.84. The van der Waals surface area contributed by atoms with E-state index in [1.807, 2.05) is 12.3 Å². The zero-order chi connectivity index (χ0) is 15.5. The minimum absolute atomic E-state index is 0.161. The molecule has 0 bridgehead atoms. The van der Waals surface area contributed by atoms with Crippen LogP contribution in [0.1, 0.15) is 16.3 Å². The van der Waals surface area contributed by atoms with E-state index < -0.39 is 22.4 Å². The zero-order valence-electron chi connectivity index (χ0n) is 11.3. The summed E-state index contributed by atoms with van der Waals surface area (Å²) in [5.41, 5.74) is 1.06. The molecule has 1 aromatic heterocycles. The Morgan fingerprint density at radius 2 is 2.19 bits per heavy atom. The van der Waals surface area contributed by atoms with Crippen molar-refractivity contribution >= 4 is 21.4 Å². The summed E-state index contributed by atoms with van der Waals surface area (Å²) in [5, 5.41) is 11.9. The number of nitrogens with zero attached hydrogens (tertiary/aromatic N) is 1. The molecule has 2 rings (SSSR count). The first-order chi connectivity index (χ1) is 9.92. The van der Waals surface area contributed by atoms with Gasteiger partial charge in [0.15, 0.2) is 0 Å². The number of nitrogens with one attached hydrogen (secondary N) is 1. The number of hydrogen-bond donors (Lipinski definition) is 2.